The van der Waals surface area contributed by atoms with Crippen molar-refractivity contribution >= 4 is 39.3 Å². The van der Waals surface area contributed by atoms with E-state index in [9.17, 15) is 9.59 Å². The highest BCUT2D eigenvalue weighted by Gasteiger charge is 2.27. The Labute approximate surface area is 180 Å². The summed E-state index contributed by atoms with van der Waals surface area (Å²) in [5.41, 5.74) is 1.70. The molecule has 0 bridgehead atoms. The number of nitrogens with zero attached hydrogens (tertiary/aromatic N) is 1. The van der Waals surface area contributed by atoms with Crippen LogP contribution in [0.5, 0.6) is 0 Å². The molecule has 0 saturated heterocycles. The lowest BCUT2D eigenvalue weighted by atomic mass is 10.1. The largest absolute Gasteiger partial charge is 0.352 e. The number of hydrogen-bond donors (Lipinski definition) is 1. The van der Waals surface area contributed by atoms with Gasteiger partial charge in [0.2, 0.25) is 11.8 Å². The van der Waals surface area contributed by atoms with Crippen LogP contribution in [0.1, 0.15) is 38.3 Å². The average molecular weight is 466 g/mol. The van der Waals surface area contributed by atoms with Gasteiger partial charge in [-0.15, -0.1) is 0 Å². The van der Waals surface area contributed by atoms with E-state index in [-0.39, 0.29) is 24.3 Å². The van der Waals surface area contributed by atoms with E-state index in [2.05, 4.69) is 21.2 Å². The highest BCUT2D eigenvalue weighted by atomic mass is 79.9. The second-order valence-electron chi connectivity index (χ2n) is 6.91. The second-order valence-corrected chi connectivity index (χ2v) is 8.24. The van der Waals surface area contributed by atoms with Crippen molar-refractivity contribution in [3.05, 3.63) is 69.2 Å². The van der Waals surface area contributed by atoms with Gasteiger partial charge in [-0.25, -0.2) is 0 Å². The fraction of sp³-hybridized carbons (Fsp3) is 0.364. The van der Waals surface area contributed by atoms with Gasteiger partial charge in [0.1, 0.15) is 6.04 Å². The average Bonchev–Trinajstić information content (AvgIpc) is 2.67. The molecule has 2 unspecified atom stereocenters. The van der Waals surface area contributed by atoms with Crippen molar-refractivity contribution in [2.24, 2.45) is 0 Å². The molecule has 150 valence electrons. The Morgan fingerprint density at radius 1 is 1.14 bits per heavy atom. The Bertz CT molecular complexity index is 828. The highest BCUT2D eigenvalue weighted by Crippen LogP contribution is 2.19. The summed E-state index contributed by atoms with van der Waals surface area (Å²) in [7, 11) is 0. The van der Waals surface area contributed by atoms with Crippen LogP contribution in [0.3, 0.4) is 0 Å². The number of nitrogens with one attached hydrogen (secondary N) is 1. The standard InChI is InChI=1S/C22H26BrClN2O2/c1-4-15(2)25-22(28)16(3)26(14-17-8-7-10-19(23)12-17)21(27)13-18-9-5-6-11-20(18)24/h5-12,15-16H,4,13-14H2,1-3H3,(H,25,28). The van der Waals surface area contributed by atoms with Crippen molar-refractivity contribution in [1.82, 2.24) is 10.2 Å². The number of rotatable bonds is 8. The number of hydrogen-bond acceptors (Lipinski definition) is 2. The van der Waals surface area contributed by atoms with Crippen LogP contribution in [0.25, 0.3) is 0 Å². The summed E-state index contributed by atoms with van der Waals surface area (Å²) in [5, 5.41) is 3.52. The number of carbonyl (C=O) groups is 2. The molecular formula is C22H26BrClN2O2. The molecule has 4 nitrogen and oxygen atoms in total. The van der Waals surface area contributed by atoms with E-state index in [1.165, 1.54) is 0 Å². The summed E-state index contributed by atoms with van der Waals surface area (Å²) in [6, 6.07) is 14.5. The molecule has 0 aromatic heterocycles. The Hall–Kier alpha value is -1.85. The first-order chi connectivity index (χ1) is 13.3. The normalized spacial score (nSPS) is 12.9. The molecule has 2 aromatic rings. The highest BCUT2D eigenvalue weighted by molar-refractivity contribution is 9.10. The van der Waals surface area contributed by atoms with E-state index < -0.39 is 6.04 Å². The quantitative estimate of drug-likeness (QED) is 0.598. The Morgan fingerprint density at radius 2 is 1.86 bits per heavy atom. The summed E-state index contributed by atoms with van der Waals surface area (Å²) < 4.78 is 0.931. The SMILES string of the molecule is CCC(C)NC(=O)C(C)N(Cc1cccc(Br)c1)C(=O)Cc1ccccc1Cl. The molecule has 2 aromatic carbocycles. The molecule has 0 aliphatic carbocycles. The van der Waals surface area contributed by atoms with Crippen LogP contribution < -0.4 is 5.32 Å². The van der Waals surface area contributed by atoms with Gasteiger partial charge < -0.3 is 10.2 Å². The van der Waals surface area contributed by atoms with Gasteiger partial charge >= 0.3 is 0 Å². The fourth-order valence-corrected chi connectivity index (χ4v) is 3.44. The van der Waals surface area contributed by atoms with E-state index in [0.717, 1.165) is 22.0 Å². The molecular weight excluding hydrogens is 440 g/mol. The third kappa shape index (κ3) is 6.35. The zero-order valence-electron chi connectivity index (χ0n) is 16.4. The van der Waals surface area contributed by atoms with Gasteiger partial charge in [-0.1, -0.05) is 64.8 Å². The zero-order valence-corrected chi connectivity index (χ0v) is 18.8. The molecule has 0 heterocycles. The molecule has 0 spiro atoms. The van der Waals surface area contributed by atoms with Crippen LogP contribution >= 0.6 is 27.5 Å². The summed E-state index contributed by atoms with van der Waals surface area (Å²) in [6.07, 6.45) is 0.978. The Balaban J connectivity index is 2.25. The van der Waals surface area contributed by atoms with E-state index >= 15 is 0 Å². The molecule has 6 heteroatoms. The van der Waals surface area contributed by atoms with Crippen LogP contribution in [0.4, 0.5) is 0 Å². The molecule has 2 atom stereocenters. The van der Waals surface area contributed by atoms with Gasteiger partial charge in [-0.2, -0.15) is 0 Å². The third-order valence-electron chi connectivity index (χ3n) is 4.71. The third-order valence-corrected chi connectivity index (χ3v) is 5.57. The summed E-state index contributed by atoms with van der Waals surface area (Å²) in [4.78, 5) is 27.4. The topological polar surface area (TPSA) is 49.4 Å². The first-order valence-electron chi connectivity index (χ1n) is 9.39. The van der Waals surface area contributed by atoms with Crippen molar-refractivity contribution in [1.29, 1.82) is 0 Å². The minimum Gasteiger partial charge on any atom is -0.352 e. The van der Waals surface area contributed by atoms with E-state index in [1.54, 1.807) is 17.9 Å². The molecule has 0 aliphatic heterocycles. The van der Waals surface area contributed by atoms with E-state index in [4.69, 9.17) is 11.6 Å². The van der Waals surface area contributed by atoms with Crippen molar-refractivity contribution in [3.63, 3.8) is 0 Å². The number of benzene rings is 2. The maximum absolute atomic E-state index is 13.1. The minimum absolute atomic E-state index is 0.0568. The van der Waals surface area contributed by atoms with Crippen molar-refractivity contribution in [3.8, 4) is 0 Å². The summed E-state index contributed by atoms with van der Waals surface area (Å²) >= 11 is 9.69. The number of amides is 2. The maximum atomic E-state index is 13.1. The van der Waals surface area contributed by atoms with Crippen molar-refractivity contribution in [2.45, 2.75) is 52.2 Å². The first-order valence-corrected chi connectivity index (χ1v) is 10.6. The van der Waals surface area contributed by atoms with Crippen LogP contribution in [-0.2, 0) is 22.6 Å². The Kier molecular flexibility index (Phi) is 8.52. The van der Waals surface area contributed by atoms with Crippen LogP contribution in [0.15, 0.2) is 53.0 Å². The van der Waals surface area contributed by atoms with Crippen molar-refractivity contribution in [2.75, 3.05) is 0 Å². The van der Waals surface area contributed by atoms with Gasteiger partial charge in [0.05, 0.1) is 6.42 Å². The first kappa shape index (κ1) is 22.4. The lowest BCUT2D eigenvalue weighted by Crippen LogP contribution is -2.49. The number of halogens is 2. The van der Waals surface area contributed by atoms with Gasteiger partial charge in [-0.3, -0.25) is 9.59 Å². The second kappa shape index (κ2) is 10.6. The van der Waals surface area contributed by atoms with Crippen LogP contribution in [0.2, 0.25) is 5.02 Å². The predicted octanol–water partition coefficient (Wildman–Crippen LogP) is 4.98. The predicted molar refractivity (Wildman–Crippen MR) is 117 cm³/mol. The van der Waals surface area contributed by atoms with Gasteiger partial charge in [0.15, 0.2) is 0 Å². The van der Waals surface area contributed by atoms with Gasteiger partial charge in [-0.05, 0) is 49.6 Å². The Morgan fingerprint density at radius 3 is 2.50 bits per heavy atom. The fourth-order valence-electron chi connectivity index (χ4n) is 2.79. The molecule has 2 rings (SSSR count). The van der Waals surface area contributed by atoms with Crippen LogP contribution in [-0.4, -0.2) is 28.8 Å². The summed E-state index contributed by atoms with van der Waals surface area (Å²) in [6.45, 7) is 6.07. The molecule has 0 saturated carbocycles. The molecule has 28 heavy (non-hydrogen) atoms. The van der Waals surface area contributed by atoms with Crippen molar-refractivity contribution < 1.29 is 9.59 Å². The molecule has 0 aliphatic rings. The zero-order chi connectivity index (χ0) is 20.7. The van der Waals surface area contributed by atoms with E-state index in [0.29, 0.717) is 11.6 Å². The van der Waals surface area contributed by atoms with Gasteiger partial charge in [0.25, 0.3) is 0 Å². The number of carbonyl (C=O) groups excluding carboxylic acids is 2. The smallest absolute Gasteiger partial charge is 0.242 e. The lowest BCUT2D eigenvalue weighted by molar-refractivity contribution is -0.140. The monoisotopic (exact) mass is 464 g/mol. The van der Waals surface area contributed by atoms with E-state index in [1.807, 2.05) is 56.3 Å². The maximum Gasteiger partial charge on any atom is 0.242 e. The molecule has 1 N–H and O–H groups in total. The molecule has 0 fully saturated rings. The molecule has 2 amide bonds. The van der Waals surface area contributed by atoms with Gasteiger partial charge in [0, 0.05) is 22.1 Å². The lowest BCUT2D eigenvalue weighted by Gasteiger charge is -2.30. The summed E-state index contributed by atoms with van der Waals surface area (Å²) in [5.74, 6) is -0.295. The minimum atomic E-state index is -0.594. The molecule has 0 radical (unpaired) electrons. The van der Waals surface area contributed by atoms with Crippen LogP contribution in [0, 0.1) is 0 Å².